The average molecular weight is 154 g/mol. The van der Waals surface area contributed by atoms with Gasteiger partial charge < -0.3 is 11.1 Å². The molecule has 1 unspecified atom stereocenters. The third kappa shape index (κ3) is 1.03. The normalized spacial score (nSPS) is 33.6. The van der Waals surface area contributed by atoms with Crippen LogP contribution >= 0.6 is 0 Å². The van der Waals surface area contributed by atoms with Crippen LogP contribution in [0.25, 0.3) is 0 Å². The fraction of sp³-hybridized carbons (Fsp3) is 0.875. The van der Waals surface area contributed by atoms with Crippen LogP contribution in [0, 0.1) is 5.41 Å². The molecule has 1 heterocycles. The molecular formula is C8H14N2O. The Labute approximate surface area is 66.3 Å². The zero-order valence-corrected chi connectivity index (χ0v) is 6.60. The summed E-state index contributed by atoms with van der Waals surface area (Å²) in [6.07, 6.45) is 4.86. The highest BCUT2D eigenvalue weighted by molar-refractivity contribution is 5.80. The van der Waals surface area contributed by atoms with Crippen LogP contribution in [-0.4, -0.2) is 18.5 Å². The summed E-state index contributed by atoms with van der Waals surface area (Å²) in [7, 11) is 0. The molecule has 3 heteroatoms. The van der Waals surface area contributed by atoms with E-state index >= 15 is 0 Å². The van der Waals surface area contributed by atoms with Crippen LogP contribution in [0.2, 0.25) is 0 Å². The second kappa shape index (κ2) is 2.21. The fourth-order valence-electron chi connectivity index (χ4n) is 2.18. The molecule has 3 N–H and O–H groups in total. The summed E-state index contributed by atoms with van der Waals surface area (Å²) < 4.78 is 0. The number of carbonyl (C=O) groups is 1. The molecule has 2 fully saturated rings. The number of rotatable bonds is 1. The van der Waals surface area contributed by atoms with Crippen molar-refractivity contribution in [3.05, 3.63) is 0 Å². The molecule has 2 aliphatic rings. The molecule has 1 saturated carbocycles. The van der Waals surface area contributed by atoms with Crippen LogP contribution in [0.4, 0.5) is 0 Å². The van der Waals surface area contributed by atoms with Crippen molar-refractivity contribution in [2.24, 2.45) is 11.1 Å². The summed E-state index contributed by atoms with van der Waals surface area (Å²) in [6.45, 7) is 1.00. The van der Waals surface area contributed by atoms with Crippen molar-refractivity contribution < 1.29 is 4.79 Å². The van der Waals surface area contributed by atoms with Crippen LogP contribution in [0.5, 0.6) is 0 Å². The molecule has 0 aromatic heterocycles. The number of carbonyl (C=O) groups excluding carboxylic acids is 1. The molecule has 2 rings (SSSR count). The Hall–Kier alpha value is -0.570. The van der Waals surface area contributed by atoms with E-state index in [1.54, 1.807) is 0 Å². The molecule has 1 aliphatic carbocycles. The van der Waals surface area contributed by atoms with E-state index in [2.05, 4.69) is 5.32 Å². The van der Waals surface area contributed by atoms with Gasteiger partial charge in [-0.15, -0.1) is 0 Å². The minimum absolute atomic E-state index is 0.0460. The number of nitrogens with two attached hydrogens (primary N) is 1. The van der Waals surface area contributed by atoms with Gasteiger partial charge in [-0.1, -0.05) is 6.42 Å². The Morgan fingerprint density at radius 3 is 2.55 bits per heavy atom. The van der Waals surface area contributed by atoms with E-state index in [4.69, 9.17) is 5.73 Å². The summed E-state index contributed by atoms with van der Waals surface area (Å²) >= 11 is 0. The lowest BCUT2D eigenvalue weighted by molar-refractivity contribution is -0.119. The Balaban J connectivity index is 1.98. The summed E-state index contributed by atoms with van der Waals surface area (Å²) in [5, 5.41) is 3.17. The molecule has 1 saturated heterocycles. The van der Waals surface area contributed by atoms with Gasteiger partial charge in [-0.3, -0.25) is 4.79 Å². The first-order valence-corrected chi connectivity index (χ1v) is 4.25. The van der Waals surface area contributed by atoms with E-state index in [0.717, 1.165) is 13.0 Å². The SMILES string of the molecule is NC(=O)C1CC2(CCC2)CN1. The quantitative estimate of drug-likeness (QED) is 0.558. The molecule has 0 aromatic carbocycles. The lowest BCUT2D eigenvalue weighted by atomic mass is 9.67. The number of hydrogen-bond acceptors (Lipinski definition) is 2. The molecular weight excluding hydrogens is 140 g/mol. The molecule has 1 amide bonds. The first-order chi connectivity index (χ1) is 5.22. The molecule has 1 spiro atoms. The molecule has 0 radical (unpaired) electrons. The third-order valence-electron chi connectivity index (χ3n) is 3.12. The minimum atomic E-state index is -0.186. The number of hydrogen-bond donors (Lipinski definition) is 2. The summed E-state index contributed by atoms with van der Waals surface area (Å²) in [4.78, 5) is 10.8. The molecule has 1 aliphatic heterocycles. The van der Waals surface area contributed by atoms with Gasteiger partial charge >= 0.3 is 0 Å². The van der Waals surface area contributed by atoms with Gasteiger partial charge in [-0.2, -0.15) is 0 Å². The summed E-state index contributed by atoms with van der Waals surface area (Å²) in [5.74, 6) is -0.186. The standard InChI is InChI=1S/C8H14N2O/c9-7(11)6-4-8(5-10-6)2-1-3-8/h6,10H,1-5H2,(H2,9,11). The lowest BCUT2D eigenvalue weighted by Crippen LogP contribution is -2.36. The average Bonchev–Trinajstić information content (AvgIpc) is 2.28. The van der Waals surface area contributed by atoms with Crippen molar-refractivity contribution in [3.8, 4) is 0 Å². The summed E-state index contributed by atoms with van der Waals surface area (Å²) in [5.41, 5.74) is 5.65. The molecule has 1 atom stereocenters. The fourth-order valence-corrected chi connectivity index (χ4v) is 2.18. The maximum absolute atomic E-state index is 10.8. The highest BCUT2D eigenvalue weighted by Gasteiger charge is 2.44. The van der Waals surface area contributed by atoms with Crippen molar-refractivity contribution in [3.63, 3.8) is 0 Å². The van der Waals surface area contributed by atoms with Crippen molar-refractivity contribution in [1.29, 1.82) is 0 Å². The van der Waals surface area contributed by atoms with Gasteiger partial charge in [0, 0.05) is 6.54 Å². The van der Waals surface area contributed by atoms with Crippen molar-refractivity contribution in [1.82, 2.24) is 5.32 Å². The number of nitrogens with one attached hydrogen (secondary N) is 1. The predicted octanol–water partition coefficient (Wildman–Crippen LogP) is 0.00390. The molecule has 0 aromatic rings. The number of amides is 1. The Kier molecular flexibility index (Phi) is 1.42. The topological polar surface area (TPSA) is 55.1 Å². The van der Waals surface area contributed by atoms with Crippen LogP contribution in [0.3, 0.4) is 0 Å². The van der Waals surface area contributed by atoms with Gasteiger partial charge in [-0.05, 0) is 24.7 Å². The number of primary amides is 1. The Bertz CT molecular complexity index is 187. The molecule has 3 nitrogen and oxygen atoms in total. The van der Waals surface area contributed by atoms with Crippen LogP contribution < -0.4 is 11.1 Å². The zero-order chi connectivity index (χ0) is 7.90. The Morgan fingerprint density at radius 1 is 1.55 bits per heavy atom. The van der Waals surface area contributed by atoms with Gasteiger partial charge in [0.05, 0.1) is 6.04 Å². The van der Waals surface area contributed by atoms with Crippen LogP contribution in [0.1, 0.15) is 25.7 Å². The third-order valence-corrected chi connectivity index (χ3v) is 3.12. The molecule has 0 bridgehead atoms. The van der Waals surface area contributed by atoms with Crippen molar-refractivity contribution in [2.75, 3.05) is 6.54 Å². The predicted molar refractivity (Wildman–Crippen MR) is 41.9 cm³/mol. The smallest absolute Gasteiger partial charge is 0.234 e. The Morgan fingerprint density at radius 2 is 2.27 bits per heavy atom. The van der Waals surface area contributed by atoms with Crippen molar-refractivity contribution >= 4 is 5.91 Å². The van der Waals surface area contributed by atoms with Gasteiger partial charge in [0.2, 0.25) is 5.91 Å². The zero-order valence-electron chi connectivity index (χ0n) is 6.60. The summed E-state index contributed by atoms with van der Waals surface area (Å²) in [6, 6.07) is -0.0460. The highest BCUT2D eigenvalue weighted by atomic mass is 16.1. The van der Waals surface area contributed by atoms with Crippen LogP contribution in [-0.2, 0) is 4.79 Å². The van der Waals surface area contributed by atoms with E-state index in [1.165, 1.54) is 19.3 Å². The van der Waals surface area contributed by atoms with E-state index in [1.807, 2.05) is 0 Å². The van der Waals surface area contributed by atoms with E-state index < -0.39 is 0 Å². The molecule has 11 heavy (non-hydrogen) atoms. The maximum atomic E-state index is 10.8. The monoisotopic (exact) mass is 154 g/mol. The first kappa shape index (κ1) is 7.10. The van der Waals surface area contributed by atoms with Gasteiger partial charge in [0.15, 0.2) is 0 Å². The highest BCUT2D eigenvalue weighted by Crippen LogP contribution is 2.46. The first-order valence-electron chi connectivity index (χ1n) is 4.25. The van der Waals surface area contributed by atoms with Gasteiger partial charge in [0.25, 0.3) is 0 Å². The molecule has 62 valence electrons. The largest absolute Gasteiger partial charge is 0.368 e. The van der Waals surface area contributed by atoms with Crippen molar-refractivity contribution in [2.45, 2.75) is 31.7 Å². The van der Waals surface area contributed by atoms with Gasteiger partial charge in [0.1, 0.15) is 0 Å². The van der Waals surface area contributed by atoms with E-state index in [9.17, 15) is 4.79 Å². The second-order valence-electron chi connectivity index (χ2n) is 3.89. The lowest BCUT2D eigenvalue weighted by Gasteiger charge is -2.37. The van der Waals surface area contributed by atoms with Gasteiger partial charge in [-0.25, -0.2) is 0 Å². The maximum Gasteiger partial charge on any atom is 0.234 e. The van der Waals surface area contributed by atoms with Crippen LogP contribution in [0.15, 0.2) is 0 Å². The minimum Gasteiger partial charge on any atom is -0.368 e. The second-order valence-corrected chi connectivity index (χ2v) is 3.89. The van der Waals surface area contributed by atoms with E-state index in [0.29, 0.717) is 5.41 Å². The van der Waals surface area contributed by atoms with E-state index in [-0.39, 0.29) is 11.9 Å².